The number of ether oxygens (including phenoxy) is 1. The fourth-order valence-electron chi connectivity index (χ4n) is 2.34. The number of nitrogens with one attached hydrogen (secondary N) is 1. The van der Waals surface area contributed by atoms with E-state index in [1.807, 2.05) is 0 Å². The molecule has 2 rings (SSSR count). The Morgan fingerprint density at radius 2 is 2.05 bits per heavy atom. The summed E-state index contributed by atoms with van der Waals surface area (Å²) >= 11 is 8.97. The molecule has 1 aromatic carbocycles. The Labute approximate surface area is 134 Å². The molecule has 0 atom stereocenters. The lowest BCUT2D eigenvalue weighted by atomic mass is 9.98. The number of hydrogen-bond donors (Lipinski definition) is 2. The van der Waals surface area contributed by atoms with Gasteiger partial charge in [-0.1, -0.05) is 24.4 Å². The van der Waals surface area contributed by atoms with Crippen LogP contribution in [0.3, 0.4) is 0 Å². The minimum Gasteiger partial charge on any atom is -0.431 e. The van der Waals surface area contributed by atoms with Gasteiger partial charge in [0.25, 0.3) is 0 Å². The van der Waals surface area contributed by atoms with Crippen LogP contribution in [0.2, 0.25) is 5.02 Å². The zero-order valence-electron chi connectivity index (χ0n) is 11.0. The third-order valence-corrected chi connectivity index (χ3v) is 4.22. The molecule has 8 heteroatoms. The second-order valence-electron chi connectivity index (χ2n) is 4.96. The normalized spacial score (nSPS) is 17.0. The van der Waals surface area contributed by atoms with Crippen LogP contribution in [0.25, 0.3) is 0 Å². The number of anilines is 1. The van der Waals surface area contributed by atoms with E-state index in [4.69, 9.17) is 17.3 Å². The van der Waals surface area contributed by atoms with Gasteiger partial charge >= 0.3 is 6.61 Å². The number of nitrogens with two attached hydrogens (primary N) is 1. The van der Waals surface area contributed by atoms with Crippen molar-refractivity contribution in [3.8, 4) is 5.75 Å². The van der Waals surface area contributed by atoms with Crippen molar-refractivity contribution in [1.82, 2.24) is 0 Å². The second kappa shape index (κ2) is 6.46. The molecule has 1 aromatic rings. The van der Waals surface area contributed by atoms with E-state index in [1.165, 1.54) is 12.1 Å². The fourth-order valence-corrected chi connectivity index (χ4v) is 3.25. The van der Waals surface area contributed by atoms with Crippen LogP contribution < -0.4 is 15.8 Å². The Bertz CT molecular complexity index is 551. The van der Waals surface area contributed by atoms with Crippen LogP contribution in [0.1, 0.15) is 25.7 Å². The average Bonchev–Trinajstić information content (AvgIpc) is 2.81. The molecular formula is C13H14BrClF2N2O2. The Morgan fingerprint density at radius 1 is 1.43 bits per heavy atom. The topological polar surface area (TPSA) is 64.4 Å². The Hall–Kier alpha value is -0.920. The number of halogens is 4. The quantitative estimate of drug-likeness (QED) is 0.828. The van der Waals surface area contributed by atoms with Gasteiger partial charge in [-0.2, -0.15) is 8.78 Å². The first-order valence-electron chi connectivity index (χ1n) is 6.36. The summed E-state index contributed by atoms with van der Waals surface area (Å²) in [5, 5.41) is 2.82. The number of alkyl halides is 2. The summed E-state index contributed by atoms with van der Waals surface area (Å²) in [4.78, 5) is 12.3. The summed E-state index contributed by atoms with van der Waals surface area (Å²) in [7, 11) is 0. The van der Waals surface area contributed by atoms with E-state index in [2.05, 4.69) is 26.0 Å². The minimum atomic E-state index is -3.02. The van der Waals surface area contributed by atoms with Gasteiger partial charge in [0.1, 0.15) is 0 Å². The molecule has 3 N–H and O–H groups in total. The molecule has 4 nitrogen and oxygen atoms in total. The first kappa shape index (κ1) is 16.5. The first-order chi connectivity index (χ1) is 9.82. The molecule has 0 heterocycles. The third kappa shape index (κ3) is 3.84. The van der Waals surface area contributed by atoms with Gasteiger partial charge in [0.05, 0.1) is 15.7 Å². The van der Waals surface area contributed by atoms with E-state index in [9.17, 15) is 13.6 Å². The number of hydrogen-bond acceptors (Lipinski definition) is 3. The van der Waals surface area contributed by atoms with Crippen molar-refractivity contribution in [3.63, 3.8) is 0 Å². The van der Waals surface area contributed by atoms with E-state index in [-0.39, 0.29) is 20.9 Å². The Balaban J connectivity index is 2.27. The third-order valence-electron chi connectivity index (χ3n) is 3.41. The van der Waals surface area contributed by atoms with Crippen molar-refractivity contribution < 1.29 is 18.3 Å². The Kier molecular flexibility index (Phi) is 5.06. The van der Waals surface area contributed by atoms with E-state index in [0.717, 1.165) is 12.8 Å². The molecule has 0 aliphatic heterocycles. The molecule has 0 bridgehead atoms. The summed E-state index contributed by atoms with van der Waals surface area (Å²) in [6.45, 7) is -3.02. The molecular weight excluding hydrogens is 370 g/mol. The van der Waals surface area contributed by atoms with Crippen LogP contribution in [-0.4, -0.2) is 18.1 Å². The van der Waals surface area contributed by atoms with Gasteiger partial charge in [0.2, 0.25) is 5.91 Å². The van der Waals surface area contributed by atoms with Crippen LogP contribution in [0.5, 0.6) is 5.75 Å². The highest BCUT2D eigenvalue weighted by Crippen LogP contribution is 2.38. The predicted molar refractivity (Wildman–Crippen MR) is 79.8 cm³/mol. The van der Waals surface area contributed by atoms with Crippen LogP contribution in [0.15, 0.2) is 16.6 Å². The summed E-state index contributed by atoms with van der Waals surface area (Å²) in [6, 6.07) is 2.75. The molecule has 0 spiro atoms. The molecule has 1 saturated carbocycles. The molecule has 1 fully saturated rings. The predicted octanol–water partition coefficient (Wildman–Crippen LogP) is 3.91. The van der Waals surface area contributed by atoms with Gasteiger partial charge in [-0.25, -0.2) is 0 Å². The van der Waals surface area contributed by atoms with Crippen molar-refractivity contribution in [2.75, 3.05) is 5.32 Å². The van der Waals surface area contributed by atoms with Crippen molar-refractivity contribution in [3.05, 3.63) is 21.6 Å². The van der Waals surface area contributed by atoms with Gasteiger partial charge < -0.3 is 15.8 Å². The van der Waals surface area contributed by atoms with Crippen LogP contribution in [-0.2, 0) is 4.79 Å². The maximum absolute atomic E-state index is 12.5. The maximum Gasteiger partial charge on any atom is 0.387 e. The first-order valence-corrected chi connectivity index (χ1v) is 7.53. The standard InChI is InChI=1S/C13H14BrClF2N2O2/c14-8-5-7(15)6-9(10(8)21-12(16)17)19-11(20)13(18)3-1-2-4-13/h5-6,12H,1-4,18H2,(H,19,20). The zero-order valence-corrected chi connectivity index (χ0v) is 13.3. The van der Waals surface area contributed by atoms with Crippen LogP contribution in [0.4, 0.5) is 14.5 Å². The molecule has 1 amide bonds. The lowest BCUT2D eigenvalue weighted by Crippen LogP contribution is -2.48. The number of amides is 1. The van der Waals surface area contributed by atoms with Gasteiger partial charge in [0, 0.05) is 5.02 Å². The average molecular weight is 384 g/mol. The van der Waals surface area contributed by atoms with Gasteiger partial charge in [-0.15, -0.1) is 0 Å². The molecule has 0 aromatic heterocycles. The summed E-state index contributed by atoms with van der Waals surface area (Å²) in [6.07, 6.45) is 2.85. The van der Waals surface area contributed by atoms with E-state index in [1.54, 1.807) is 0 Å². The lowest BCUT2D eigenvalue weighted by molar-refractivity contribution is -0.121. The highest BCUT2D eigenvalue weighted by atomic mass is 79.9. The van der Waals surface area contributed by atoms with Crippen molar-refractivity contribution in [2.24, 2.45) is 5.73 Å². The summed E-state index contributed by atoms with van der Waals surface area (Å²) in [5.41, 5.74) is 5.12. The highest BCUT2D eigenvalue weighted by molar-refractivity contribution is 9.10. The maximum atomic E-state index is 12.5. The number of benzene rings is 1. The monoisotopic (exact) mass is 382 g/mol. The number of rotatable bonds is 4. The van der Waals surface area contributed by atoms with E-state index >= 15 is 0 Å². The molecule has 116 valence electrons. The second-order valence-corrected chi connectivity index (χ2v) is 6.25. The molecule has 1 aliphatic rings. The number of carbonyl (C=O) groups is 1. The zero-order chi connectivity index (χ0) is 15.6. The summed E-state index contributed by atoms with van der Waals surface area (Å²) < 4.78 is 29.6. The molecule has 0 radical (unpaired) electrons. The Morgan fingerprint density at radius 3 is 2.62 bits per heavy atom. The minimum absolute atomic E-state index is 0.0661. The van der Waals surface area contributed by atoms with Gasteiger partial charge in [-0.3, -0.25) is 4.79 Å². The van der Waals surface area contributed by atoms with Crippen molar-refractivity contribution in [2.45, 2.75) is 37.8 Å². The van der Waals surface area contributed by atoms with Crippen molar-refractivity contribution >= 4 is 39.1 Å². The van der Waals surface area contributed by atoms with Crippen LogP contribution in [0, 0.1) is 0 Å². The van der Waals surface area contributed by atoms with E-state index < -0.39 is 18.1 Å². The fraction of sp³-hybridized carbons (Fsp3) is 0.462. The SMILES string of the molecule is NC1(C(=O)Nc2cc(Cl)cc(Br)c2OC(F)F)CCCC1. The van der Waals surface area contributed by atoms with E-state index in [0.29, 0.717) is 12.8 Å². The lowest BCUT2D eigenvalue weighted by Gasteiger charge is -2.23. The van der Waals surface area contributed by atoms with Crippen LogP contribution >= 0.6 is 27.5 Å². The molecule has 0 saturated heterocycles. The van der Waals surface area contributed by atoms with Crippen molar-refractivity contribution in [1.29, 1.82) is 0 Å². The molecule has 21 heavy (non-hydrogen) atoms. The number of carbonyl (C=O) groups excluding carboxylic acids is 1. The largest absolute Gasteiger partial charge is 0.431 e. The highest BCUT2D eigenvalue weighted by Gasteiger charge is 2.37. The van der Waals surface area contributed by atoms with Gasteiger partial charge in [-0.05, 0) is 40.9 Å². The molecule has 0 unspecified atom stereocenters. The summed E-state index contributed by atoms with van der Waals surface area (Å²) in [5.74, 6) is -0.599. The van der Waals surface area contributed by atoms with Gasteiger partial charge in [0.15, 0.2) is 5.75 Å². The molecule has 1 aliphatic carbocycles. The smallest absolute Gasteiger partial charge is 0.387 e.